The monoisotopic (exact) mass is 367 g/mol. The molecular formula is C17H15Cl2NO4. The molecule has 0 aliphatic carbocycles. The predicted octanol–water partition coefficient (Wildman–Crippen LogP) is 2.69. The minimum Gasteiger partial charge on any atom is -0.480 e. The van der Waals surface area contributed by atoms with Crippen LogP contribution in [0, 0.1) is 0 Å². The third-order valence-electron chi connectivity index (χ3n) is 3.48. The van der Waals surface area contributed by atoms with Crippen molar-refractivity contribution in [3.8, 4) is 0 Å². The summed E-state index contributed by atoms with van der Waals surface area (Å²) in [5.74, 6) is -2.73. The number of aliphatic hydroxyl groups is 1. The van der Waals surface area contributed by atoms with Gasteiger partial charge in [0.15, 0.2) is 0 Å². The Morgan fingerprint density at radius 3 is 2.21 bits per heavy atom. The number of rotatable bonds is 6. The van der Waals surface area contributed by atoms with Crippen molar-refractivity contribution >= 4 is 35.1 Å². The summed E-state index contributed by atoms with van der Waals surface area (Å²) in [6.45, 7) is -0.711. The molecule has 0 aliphatic rings. The summed E-state index contributed by atoms with van der Waals surface area (Å²) in [5, 5.41) is 21.4. The first-order valence-corrected chi connectivity index (χ1v) is 7.83. The number of hydrogen-bond acceptors (Lipinski definition) is 3. The second kappa shape index (κ2) is 8.15. The van der Waals surface area contributed by atoms with Crippen LogP contribution in [-0.4, -0.2) is 34.7 Å². The van der Waals surface area contributed by atoms with Gasteiger partial charge in [0.2, 0.25) is 5.91 Å². The second-order valence-corrected chi connectivity index (χ2v) is 5.93. The molecule has 0 spiro atoms. The molecule has 2 rings (SSSR count). The molecule has 0 bridgehead atoms. The van der Waals surface area contributed by atoms with Crippen molar-refractivity contribution in [3.63, 3.8) is 0 Å². The van der Waals surface area contributed by atoms with Crippen LogP contribution >= 0.6 is 23.2 Å². The number of carbonyl (C=O) groups is 2. The number of carboxylic acid groups (broad SMARTS) is 1. The lowest BCUT2D eigenvalue weighted by Gasteiger charge is -2.21. The van der Waals surface area contributed by atoms with Gasteiger partial charge in [-0.1, -0.05) is 53.5 Å². The molecule has 3 N–H and O–H groups in total. The average molecular weight is 368 g/mol. The Labute approximate surface area is 148 Å². The first-order chi connectivity index (χ1) is 11.4. The van der Waals surface area contributed by atoms with Crippen LogP contribution in [0.4, 0.5) is 0 Å². The lowest BCUT2D eigenvalue weighted by molar-refractivity contribution is -0.143. The summed E-state index contributed by atoms with van der Waals surface area (Å²) in [7, 11) is 0. The number of nitrogens with one attached hydrogen (secondary N) is 1. The Balaban J connectivity index is 2.43. The molecule has 1 amide bonds. The van der Waals surface area contributed by atoms with Gasteiger partial charge >= 0.3 is 5.97 Å². The van der Waals surface area contributed by atoms with Crippen molar-refractivity contribution < 1.29 is 19.8 Å². The fourth-order valence-electron chi connectivity index (χ4n) is 2.28. The molecule has 0 aliphatic heterocycles. The molecule has 24 heavy (non-hydrogen) atoms. The minimum atomic E-state index is -1.39. The summed E-state index contributed by atoms with van der Waals surface area (Å²) >= 11 is 12.1. The fraction of sp³-hybridized carbons (Fsp3) is 0.176. The van der Waals surface area contributed by atoms with E-state index in [0.717, 1.165) is 0 Å². The van der Waals surface area contributed by atoms with Gasteiger partial charge in [-0.3, -0.25) is 4.79 Å². The molecule has 0 aromatic heterocycles. The molecule has 2 aromatic carbocycles. The molecule has 2 aromatic rings. The van der Waals surface area contributed by atoms with Crippen molar-refractivity contribution in [3.05, 3.63) is 69.7 Å². The Morgan fingerprint density at radius 2 is 1.67 bits per heavy atom. The van der Waals surface area contributed by atoms with Crippen LogP contribution in [0.1, 0.15) is 17.0 Å². The normalized spacial score (nSPS) is 13.1. The zero-order valence-corrected chi connectivity index (χ0v) is 14.0. The topological polar surface area (TPSA) is 86.6 Å². The van der Waals surface area contributed by atoms with Gasteiger partial charge < -0.3 is 15.5 Å². The second-order valence-electron chi connectivity index (χ2n) is 5.09. The molecule has 5 nitrogen and oxygen atoms in total. The Kier molecular flexibility index (Phi) is 6.20. The summed E-state index contributed by atoms with van der Waals surface area (Å²) < 4.78 is 0. The molecule has 7 heteroatoms. The maximum Gasteiger partial charge on any atom is 0.328 e. The first kappa shape index (κ1) is 18.3. The van der Waals surface area contributed by atoms with E-state index < -0.39 is 30.4 Å². The summed E-state index contributed by atoms with van der Waals surface area (Å²) in [5.41, 5.74) is 1.13. The maximum atomic E-state index is 12.7. The van der Waals surface area contributed by atoms with Gasteiger partial charge in [0, 0.05) is 10.0 Å². The van der Waals surface area contributed by atoms with E-state index in [2.05, 4.69) is 5.32 Å². The third kappa shape index (κ3) is 4.26. The number of aliphatic hydroxyl groups excluding tert-OH is 1. The van der Waals surface area contributed by atoms with Crippen LogP contribution in [0.2, 0.25) is 10.0 Å². The van der Waals surface area contributed by atoms with E-state index in [0.29, 0.717) is 21.2 Å². The largest absolute Gasteiger partial charge is 0.480 e. The maximum absolute atomic E-state index is 12.7. The number of carbonyl (C=O) groups excluding carboxylic acids is 1. The van der Waals surface area contributed by atoms with Crippen LogP contribution in [0.15, 0.2) is 48.5 Å². The van der Waals surface area contributed by atoms with Gasteiger partial charge in [-0.05, 0) is 29.3 Å². The van der Waals surface area contributed by atoms with Crippen molar-refractivity contribution in [2.24, 2.45) is 0 Å². The molecule has 0 saturated heterocycles. The van der Waals surface area contributed by atoms with E-state index in [1.54, 1.807) is 48.5 Å². The number of halogens is 2. The van der Waals surface area contributed by atoms with Crippen LogP contribution < -0.4 is 5.32 Å². The van der Waals surface area contributed by atoms with Crippen molar-refractivity contribution in [2.45, 2.75) is 12.0 Å². The highest BCUT2D eigenvalue weighted by Crippen LogP contribution is 2.31. The van der Waals surface area contributed by atoms with Gasteiger partial charge in [-0.2, -0.15) is 0 Å². The van der Waals surface area contributed by atoms with E-state index in [4.69, 9.17) is 33.4 Å². The summed E-state index contributed by atoms with van der Waals surface area (Å²) in [6.07, 6.45) is 0. The van der Waals surface area contributed by atoms with Crippen LogP contribution in [-0.2, 0) is 9.59 Å². The van der Waals surface area contributed by atoms with Gasteiger partial charge in [-0.25, -0.2) is 4.79 Å². The lowest BCUT2D eigenvalue weighted by Crippen LogP contribution is -2.45. The number of benzene rings is 2. The van der Waals surface area contributed by atoms with E-state index >= 15 is 0 Å². The molecular weight excluding hydrogens is 353 g/mol. The smallest absolute Gasteiger partial charge is 0.328 e. The number of carboxylic acids is 1. The van der Waals surface area contributed by atoms with Crippen LogP contribution in [0.25, 0.3) is 0 Å². The van der Waals surface area contributed by atoms with E-state index in [-0.39, 0.29) is 0 Å². The van der Waals surface area contributed by atoms with Crippen molar-refractivity contribution in [1.29, 1.82) is 0 Å². The molecule has 0 saturated carbocycles. The number of hydrogen-bond donors (Lipinski definition) is 3. The van der Waals surface area contributed by atoms with E-state index in [1.807, 2.05) is 0 Å². The quantitative estimate of drug-likeness (QED) is 0.732. The SMILES string of the molecule is O=C(O)C(CO)NC(=O)C(c1ccc(Cl)cc1)c1ccccc1Cl. The van der Waals surface area contributed by atoms with E-state index in [9.17, 15) is 9.59 Å². The molecule has 0 heterocycles. The Morgan fingerprint density at radius 1 is 1.04 bits per heavy atom. The highest BCUT2D eigenvalue weighted by Gasteiger charge is 2.28. The Hall–Kier alpha value is -2.08. The highest BCUT2D eigenvalue weighted by atomic mass is 35.5. The summed E-state index contributed by atoms with van der Waals surface area (Å²) in [4.78, 5) is 23.7. The zero-order valence-electron chi connectivity index (χ0n) is 12.4. The van der Waals surface area contributed by atoms with Crippen molar-refractivity contribution in [1.82, 2.24) is 5.32 Å². The molecule has 2 unspecified atom stereocenters. The standard InChI is InChI=1S/C17H15Cl2NO4/c18-11-7-5-10(6-8-11)15(12-3-1-2-4-13(12)19)16(22)20-14(9-21)17(23)24/h1-8,14-15,21H,9H2,(H,20,22)(H,23,24). The highest BCUT2D eigenvalue weighted by molar-refractivity contribution is 6.31. The summed E-state index contributed by atoms with van der Waals surface area (Å²) in [6, 6.07) is 12.0. The van der Waals surface area contributed by atoms with Gasteiger partial charge in [0.25, 0.3) is 0 Å². The number of aliphatic carboxylic acids is 1. The van der Waals surface area contributed by atoms with Crippen LogP contribution in [0.5, 0.6) is 0 Å². The molecule has 126 valence electrons. The zero-order chi connectivity index (χ0) is 17.7. The van der Waals surface area contributed by atoms with Crippen LogP contribution in [0.3, 0.4) is 0 Å². The lowest BCUT2D eigenvalue weighted by atomic mass is 9.90. The molecule has 2 atom stereocenters. The average Bonchev–Trinajstić information content (AvgIpc) is 2.56. The van der Waals surface area contributed by atoms with Gasteiger partial charge in [0.1, 0.15) is 6.04 Å². The number of amides is 1. The fourth-order valence-corrected chi connectivity index (χ4v) is 2.65. The Bertz CT molecular complexity index is 734. The van der Waals surface area contributed by atoms with E-state index in [1.165, 1.54) is 0 Å². The minimum absolute atomic E-state index is 0.378. The molecule has 0 fully saturated rings. The first-order valence-electron chi connectivity index (χ1n) is 7.08. The van der Waals surface area contributed by atoms with Crippen molar-refractivity contribution in [2.75, 3.05) is 6.61 Å². The van der Waals surface area contributed by atoms with Gasteiger partial charge in [-0.15, -0.1) is 0 Å². The third-order valence-corrected chi connectivity index (χ3v) is 4.08. The molecule has 0 radical (unpaired) electrons. The predicted molar refractivity (Wildman–Crippen MR) is 91.4 cm³/mol. The van der Waals surface area contributed by atoms with Gasteiger partial charge in [0.05, 0.1) is 12.5 Å².